The SMILES string of the molecule is c1ccc(-c2nc(-c3cccc(-c4ccc5c(c4)-c4cccc6cccc-5c46)c3)nc(-c3ccc(-c4cccc5oc6ccccc6c45)c4ccccc34)n2)cc1. The van der Waals surface area contributed by atoms with E-state index in [4.69, 9.17) is 19.4 Å². The maximum Gasteiger partial charge on any atom is 0.164 e. The van der Waals surface area contributed by atoms with Crippen molar-refractivity contribution in [1.29, 1.82) is 0 Å². The number of nitrogens with zero attached hydrogens (tertiary/aromatic N) is 3. The fourth-order valence-corrected chi connectivity index (χ4v) is 8.88. The summed E-state index contributed by atoms with van der Waals surface area (Å²) in [5.74, 6) is 1.89. The minimum absolute atomic E-state index is 0.627. The molecule has 0 saturated carbocycles. The van der Waals surface area contributed by atoms with Gasteiger partial charge in [0.1, 0.15) is 11.2 Å². The van der Waals surface area contributed by atoms with Gasteiger partial charge in [0.2, 0.25) is 0 Å². The predicted molar refractivity (Wildman–Crippen MR) is 234 cm³/mol. The first-order valence-electron chi connectivity index (χ1n) is 19.3. The molecule has 0 atom stereocenters. The first kappa shape index (κ1) is 31.6. The van der Waals surface area contributed by atoms with Gasteiger partial charge >= 0.3 is 0 Å². The molecular weight excluding hydrogens is 695 g/mol. The maximum atomic E-state index is 6.28. The van der Waals surface area contributed by atoms with E-state index >= 15 is 0 Å². The van der Waals surface area contributed by atoms with Crippen LogP contribution in [0.1, 0.15) is 0 Å². The number of hydrogen-bond donors (Lipinski definition) is 0. The van der Waals surface area contributed by atoms with Gasteiger partial charge in [0.15, 0.2) is 17.5 Å². The third kappa shape index (κ3) is 4.98. The van der Waals surface area contributed by atoms with Crippen LogP contribution in [0.3, 0.4) is 0 Å². The highest BCUT2D eigenvalue weighted by atomic mass is 16.3. The topological polar surface area (TPSA) is 51.8 Å². The van der Waals surface area contributed by atoms with E-state index in [-0.39, 0.29) is 0 Å². The van der Waals surface area contributed by atoms with Gasteiger partial charge in [-0.15, -0.1) is 0 Å². The van der Waals surface area contributed by atoms with E-state index in [1.807, 2.05) is 36.4 Å². The summed E-state index contributed by atoms with van der Waals surface area (Å²) in [6.07, 6.45) is 0. The summed E-state index contributed by atoms with van der Waals surface area (Å²) in [6, 6.07) is 66.2. The lowest BCUT2D eigenvalue weighted by molar-refractivity contribution is 0.669. The molecule has 57 heavy (non-hydrogen) atoms. The Bertz CT molecular complexity index is 3410. The second-order valence-electron chi connectivity index (χ2n) is 14.7. The molecule has 0 N–H and O–H groups in total. The molecule has 0 spiro atoms. The third-order valence-corrected chi connectivity index (χ3v) is 11.5. The number of para-hydroxylation sites is 1. The average molecular weight is 726 g/mol. The normalized spacial score (nSPS) is 11.9. The number of fused-ring (bicyclic) bond motifs is 7. The highest BCUT2D eigenvalue weighted by Gasteiger charge is 2.22. The van der Waals surface area contributed by atoms with Crippen molar-refractivity contribution in [2.75, 3.05) is 0 Å². The fourth-order valence-electron chi connectivity index (χ4n) is 8.88. The highest BCUT2D eigenvalue weighted by molar-refractivity contribution is 6.17. The van der Waals surface area contributed by atoms with Crippen molar-refractivity contribution in [3.63, 3.8) is 0 Å². The molecule has 4 heteroatoms. The zero-order chi connectivity index (χ0) is 37.5. The second kappa shape index (κ2) is 12.4. The molecule has 0 radical (unpaired) electrons. The molecule has 0 aliphatic heterocycles. The molecule has 9 aromatic carbocycles. The van der Waals surface area contributed by atoms with Crippen molar-refractivity contribution < 1.29 is 4.42 Å². The Balaban J connectivity index is 1.01. The Morgan fingerprint density at radius 3 is 1.65 bits per heavy atom. The molecule has 1 aliphatic rings. The van der Waals surface area contributed by atoms with Crippen LogP contribution in [-0.2, 0) is 0 Å². The Kier molecular flexibility index (Phi) is 6.89. The van der Waals surface area contributed by atoms with Gasteiger partial charge in [0.25, 0.3) is 0 Å². The van der Waals surface area contributed by atoms with Crippen molar-refractivity contribution in [3.8, 4) is 78.7 Å². The highest BCUT2D eigenvalue weighted by Crippen LogP contribution is 2.48. The first-order valence-corrected chi connectivity index (χ1v) is 19.3. The number of aromatic nitrogens is 3. The zero-order valence-electron chi connectivity index (χ0n) is 30.6. The van der Waals surface area contributed by atoms with Gasteiger partial charge in [-0.05, 0) is 96.4 Å². The van der Waals surface area contributed by atoms with Gasteiger partial charge in [-0.3, -0.25) is 0 Å². The zero-order valence-corrected chi connectivity index (χ0v) is 30.6. The molecule has 0 bridgehead atoms. The molecule has 2 aromatic heterocycles. The molecule has 4 nitrogen and oxygen atoms in total. The van der Waals surface area contributed by atoms with Crippen LogP contribution in [0, 0.1) is 0 Å². The van der Waals surface area contributed by atoms with Gasteiger partial charge < -0.3 is 4.42 Å². The molecule has 11 aromatic rings. The summed E-state index contributed by atoms with van der Waals surface area (Å²) >= 11 is 0. The minimum atomic E-state index is 0.627. The van der Waals surface area contributed by atoms with Crippen molar-refractivity contribution in [3.05, 3.63) is 188 Å². The second-order valence-corrected chi connectivity index (χ2v) is 14.7. The molecule has 12 rings (SSSR count). The third-order valence-electron chi connectivity index (χ3n) is 11.5. The van der Waals surface area contributed by atoms with Crippen molar-refractivity contribution in [1.82, 2.24) is 15.0 Å². The molecule has 0 fully saturated rings. The average Bonchev–Trinajstić information content (AvgIpc) is 3.83. The van der Waals surface area contributed by atoms with Gasteiger partial charge in [-0.1, -0.05) is 158 Å². The summed E-state index contributed by atoms with van der Waals surface area (Å²) in [5.41, 5.74) is 14.2. The van der Waals surface area contributed by atoms with Crippen LogP contribution in [0.4, 0.5) is 0 Å². The molecule has 264 valence electrons. The number of hydrogen-bond acceptors (Lipinski definition) is 4. The van der Waals surface area contributed by atoms with E-state index in [2.05, 4.69) is 152 Å². The molecule has 1 aliphatic carbocycles. The summed E-state index contributed by atoms with van der Waals surface area (Å²) < 4.78 is 6.28. The van der Waals surface area contributed by atoms with Gasteiger partial charge in [0, 0.05) is 27.5 Å². The van der Waals surface area contributed by atoms with Crippen molar-refractivity contribution >= 4 is 43.5 Å². The molecule has 0 unspecified atom stereocenters. The van der Waals surface area contributed by atoms with Crippen LogP contribution in [0.5, 0.6) is 0 Å². The van der Waals surface area contributed by atoms with Gasteiger partial charge in [0.05, 0.1) is 0 Å². The summed E-state index contributed by atoms with van der Waals surface area (Å²) in [7, 11) is 0. The molecule has 0 amide bonds. The Hall–Kier alpha value is -7.69. The van der Waals surface area contributed by atoms with Gasteiger partial charge in [-0.2, -0.15) is 0 Å². The molecule has 0 saturated heterocycles. The van der Waals surface area contributed by atoms with Crippen LogP contribution in [-0.4, -0.2) is 15.0 Å². The number of benzene rings is 9. The fraction of sp³-hybridized carbons (Fsp3) is 0. The van der Waals surface area contributed by atoms with E-state index in [1.165, 1.54) is 33.0 Å². The molecular formula is C53H31N3O. The van der Waals surface area contributed by atoms with Crippen LogP contribution in [0.25, 0.3) is 122 Å². The van der Waals surface area contributed by atoms with Crippen molar-refractivity contribution in [2.45, 2.75) is 0 Å². The lowest BCUT2D eigenvalue weighted by Crippen LogP contribution is -2.01. The Morgan fingerprint density at radius 2 is 0.825 bits per heavy atom. The Morgan fingerprint density at radius 1 is 0.281 bits per heavy atom. The quantitative estimate of drug-likeness (QED) is 0.177. The van der Waals surface area contributed by atoms with E-state index in [0.29, 0.717) is 17.5 Å². The van der Waals surface area contributed by atoms with E-state index in [0.717, 1.165) is 71.7 Å². The predicted octanol–water partition coefficient (Wildman–Crippen LogP) is 14.1. The van der Waals surface area contributed by atoms with Crippen LogP contribution < -0.4 is 0 Å². The lowest BCUT2D eigenvalue weighted by atomic mass is 9.92. The minimum Gasteiger partial charge on any atom is -0.456 e. The Labute approximate surface area is 328 Å². The smallest absolute Gasteiger partial charge is 0.164 e. The number of furan rings is 1. The standard InChI is InChI=1S/C53H31N3O/c1-2-12-33(13-3-1)51-54-52(36-17-8-16-34(30-36)35-26-27-40-41-21-9-14-32-15-10-22-43(49(32)41)46(40)31-35)56-53(55-51)44-29-28-39(37-18-4-5-19-38(37)44)42-23-11-25-48-50(42)45-20-6-7-24-47(45)57-48/h1-31H. The van der Waals surface area contributed by atoms with E-state index in [9.17, 15) is 0 Å². The first-order chi connectivity index (χ1) is 28.2. The summed E-state index contributed by atoms with van der Waals surface area (Å²) in [5, 5.41) is 7.02. The summed E-state index contributed by atoms with van der Waals surface area (Å²) in [6.45, 7) is 0. The van der Waals surface area contributed by atoms with Gasteiger partial charge in [-0.25, -0.2) is 15.0 Å². The maximum absolute atomic E-state index is 6.28. The number of rotatable bonds is 5. The van der Waals surface area contributed by atoms with Crippen LogP contribution >= 0.6 is 0 Å². The largest absolute Gasteiger partial charge is 0.456 e. The van der Waals surface area contributed by atoms with Crippen LogP contribution in [0.2, 0.25) is 0 Å². The van der Waals surface area contributed by atoms with E-state index < -0.39 is 0 Å². The monoisotopic (exact) mass is 725 g/mol. The van der Waals surface area contributed by atoms with Crippen molar-refractivity contribution in [2.24, 2.45) is 0 Å². The van der Waals surface area contributed by atoms with E-state index in [1.54, 1.807) is 0 Å². The lowest BCUT2D eigenvalue weighted by Gasteiger charge is -2.14. The molecule has 2 heterocycles. The van der Waals surface area contributed by atoms with Crippen LogP contribution in [0.15, 0.2) is 192 Å². The summed E-state index contributed by atoms with van der Waals surface area (Å²) in [4.78, 5) is 15.5.